The van der Waals surface area contributed by atoms with E-state index in [0.717, 1.165) is 25.3 Å². The van der Waals surface area contributed by atoms with E-state index in [2.05, 4.69) is 31.3 Å². The number of ether oxygens (including phenoxy) is 1. The molecule has 2 N–H and O–H groups in total. The molecule has 3 heteroatoms. The molecule has 0 spiro atoms. The Hall–Kier alpha value is -1.06. The van der Waals surface area contributed by atoms with Crippen molar-refractivity contribution in [3.8, 4) is 5.75 Å². The minimum atomic E-state index is -0.251. The molecule has 0 amide bonds. The fourth-order valence-corrected chi connectivity index (χ4v) is 2.54. The Morgan fingerprint density at radius 3 is 2.89 bits per heavy atom. The number of nitrogens with one attached hydrogen (secondary N) is 1. The van der Waals surface area contributed by atoms with Gasteiger partial charge in [-0.3, -0.25) is 0 Å². The maximum Gasteiger partial charge on any atom is 0.119 e. The van der Waals surface area contributed by atoms with Crippen molar-refractivity contribution in [3.05, 3.63) is 29.3 Å². The lowest BCUT2D eigenvalue weighted by Gasteiger charge is -2.27. The molecule has 0 radical (unpaired) electrons. The number of hydrogen-bond acceptors (Lipinski definition) is 3. The Bertz CT molecular complexity index is 400. The van der Waals surface area contributed by atoms with Gasteiger partial charge in [-0.05, 0) is 62.4 Å². The van der Waals surface area contributed by atoms with Crippen molar-refractivity contribution >= 4 is 0 Å². The fraction of sp³-hybridized carbons (Fsp3) is 0.625. The van der Waals surface area contributed by atoms with E-state index < -0.39 is 0 Å². The van der Waals surface area contributed by atoms with Gasteiger partial charge in [0.25, 0.3) is 0 Å². The highest BCUT2D eigenvalue weighted by Crippen LogP contribution is 2.19. The molecule has 0 saturated carbocycles. The second kappa shape index (κ2) is 6.92. The molecule has 1 heterocycles. The van der Waals surface area contributed by atoms with Gasteiger partial charge in [0.15, 0.2) is 0 Å². The van der Waals surface area contributed by atoms with Gasteiger partial charge in [-0.2, -0.15) is 0 Å². The van der Waals surface area contributed by atoms with Gasteiger partial charge in [-0.25, -0.2) is 0 Å². The first-order valence-electron chi connectivity index (χ1n) is 7.25. The predicted octanol–water partition coefficient (Wildman–Crippen LogP) is 2.43. The summed E-state index contributed by atoms with van der Waals surface area (Å²) in [6, 6.07) is 6.13. The fourth-order valence-electron chi connectivity index (χ4n) is 2.54. The molecule has 106 valence electrons. The molecule has 1 saturated heterocycles. The van der Waals surface area contributed by atoms with E-state index in [4.69, 9.17) is 4.74 Å². The molecule has 2 unspecified atom stereocenters. The summed E-state index contributed by atoms with van der Waals surface area (Å²) < 4.78 is 5.72. The zero-order valence-electron chi connectivity index (χ0n) is 12.0. The summed E-state index contributed by atoms with van der Waals surface area (Å²) in [5.41, 5.74) is 2.52. The van der Waals surface area contributed by atoms with Gasteiger partial charge >= 0.3 is 0 Å². The number of aliphatic hydroxyl groups is 1. The maximum absolute atomic E-state index is 10.1. The third-order valence-corrected chi connectivity index (χ3v) is 4.04. The normalized spacial score (nSPS) is 21.1. The van der Waals surface area contributed by atoms with Gasteiger partial charge in [-0.15, -0.1) is 0 Å². The van der Waals surface area contributed by atoms with Crippen LogP contribution in [0.2, 0.25) is 0 Å². The molecule has 2 atom stereocenters. The van der Waals surface area contributed by atoms with Gasteiger partial charge in [0, 0.05) is 13.0 Å². The van der Waals surface area contributed by atoms with Crippen molar-refractivity contribution in [1.82, 2.24) is 5.32 Å². The van der Waals surface area contributed by atoms with Gasteiger partial charge in [-0.1, -0.05) is 6.07 Å². The smallest absolute Gasteiger partial charge is 0.119 e. The lowest BCUT2D eigenvalue weighted by atomic mass is 9.92. The third-order valence-electron chi connectivity index (χ3n) is 4.04. The Labute approximate surface area is 116 Å². The van der Waals surface area contributed by atoms with Crippen molar-refractivity contribution < 1.29 is 9.84 Å². The van der Waals surface area contributed by atoms with Crippen molar-refractivity contribution in [2.24, 2.45) is 5.92 Å². The molecule has 19 heavy (non-hydrogen) atoms. The Balaban J connectivity index is 1.74. The van der Waals surface area contributed by atoms with Crippen molar-refractivity contribution in [2.75, 3.05) is 19.7 Å². The molecule has 3 nitrogen and oxygen atoms in total. The van der Waals surface area contributed by atoms with Gasteiger partial charge in [0.05, 0.1) is 12.7 Å². The Morgan fingerprint density at radius 2 is 2.21 bits per heavy atom. The zero-order chi connectivity index (χ0) is 13.7. The molecule has 0 bridgehead atoms. The minimum absolute atomic E-state index is 0.251. The number of piperidine rings is 1. The number of rotatable bonds is 5. The molecule has 1 aliphatic rings. The van der Waals surface area contributed by atoms with Crippen LogP contribution in [0.25, 0.3) is 0 Å². The van der Waals surface area contributed by atoms with E-state index in [1.165, 1.54) is 17.5 Å². The van der Waals surface area contributed by atoms with Gasteiger partial charge in [0.1, 0.15) is 5.75 Å². The van der Waals surface area contributed by atoms with Crippen LogP contribution in [0.5, 0.6) is 5.75 Å². The first-order chi connectivity index (χ1) is 9.16. The van der Waals surface area contributed by atoms with Crippen LogP contribution in [-0.2, 0) is 0 Å². The third kappa shape index (κ3) is 4.22. The monoisotopic (exact) mass is 263 g/mol. The quantitative estimate of drug-likeness (QED) is 0.857. The summed E-state index contributed by atoms with van der Waals surface area (Å²) in [5.74, 6) is 1.29. The predicted molar refractivity (Wildman–Crippen MR) is 77.6 cm³/mol. The average Bonchev–Trinajstić information content (AvgIpc) is 2.43. The lowest BCUT2D eigenvalue weighted by molar-refractivity contribution is 0.0702. The lowest BCUT2D eigenvalue weighted by Crippen LogP contribution is -2.37. The Morgan fingerprint density at radius 1 is 1.37 bits per heavy atom. The molecule has 0 aromatic heterocycles. The van der Waals surface area contributed by atoms with Gasteiger partial charge in [0.2, 0.25) is 0 Å². The molecule has 1 aliphatic heterocycles. The van der Waals surface area contributed by atoms with Crippen LogP contribution in [0.4, 0.5) is 0 Å². The number of aliphatic hydroxyl groups excluding tert-OH is 1. The molecular weight excluding hydrogens is 238 g/mol. The summed E-state index contributed by atoms with van der Waals surface area (Å²) in [6.07, 6.45) is 2.75. The van der Waals surface area contributed by atoms with Crippen LogP contribution in [0.15, 0.2) is 18.2 Å². The highest BCUT2D eigenvalue weighted by atomic mass is 16.5. The SMILES string of the molecule is Cc1ccc(OCCC(O)C2CCCNC2)cc1C. The summed E-state index contributed by atoms with van der Waals surface area (Å²) in [4.78, 5) is 0. The van der Waals surface area contributed by atoms with Crippen LogP contribution >= 0.6 is 0 Å². The molecule has 0 aliphatic carbocycles. The number of hydrogen-bond donors (Lipinski definition) is 2. The van der Waals surface area contributed by atoms with E-state index in [1.54, 1.807) is 0 Å². The van der Waals surface area contributed by atoms with Crippen LogP contribution in [0, 0.1) is 19.8 Å². The van der Waals surface area contributed by atoms with Crippen LogP contribution in [0.3, 0.4) is 0 Å². The zero-order valence-corrected chi connectivity index (χ0v) is 12.0. The van der Waals surface area contributed by atoms with Gasteiger partial charge < -0.3 is 15.2 Å². The Kier molecular flexibility index (Phi) is 5.23. The topological polar surface area (TPSA) is 41.5 Å². The van der Waals surface area contributed by atoms with E-state index in [9.17, 15) is 5.11 Å². The van der Waals surface area contributed by atoms with Crippen LogP contribution in [0.1, 0.15) is 30.4 Å². The van der Waals surface area contributed by atoms with E-state index in [-0.39, 0.29) is 6.10 Å². The minimum Gasteiger partial charge on any atom is -0.493 e. The van der Waals surface area contributed by atoms with E-state index in [1.807, 2.05) is 6.07 Å². The highest BCUT2D eigenvalue weighted by Gasteiger charge is 2.21. The largest absolute Gasteiger partial charge is 0.493 e. The van der Waals surface area contributed by atoms with E-state index in [0.29, 0.717) is 18.9 Å². The number of aryl methyl sites for hydroxylation is 2. The maximum atomic E-state index is 10.1. The molecule has 1 fully saturated rings. The first kappa shape index (κ1) is 14.4. The summed E-state index contributed by atoms with van der Waals surface area (Å²) in [7, 11) is 0. The highest BCUT2D eigenvalue weighted by molar-refractivity contribution is 5.33. The number of benzene rings is 1. The second-order valence-corrected chi connectivity index (χ2v) is 5.56. The second-order valence-electron chi connectivity index (χ2n) is 5.56. The van der Waals surface area contributed by atoms with Crippen molar-refractivity contribution in [2.45, 2.75) is 39.2 Å². The standard InChI is InChI=1S/C16H25NO2/c1-12-5-6-15(10-13(12)2)19-9-7-16(18)14-4-3-8-17-11-14/h5-6,10,14,16-18H,3-4,7-9,11H2,1-2H3. The molecule has 1 aromatic rings. The van der Waals surface area contributed by atoms with Crippen molar-refractivity contribution in [3.63, 3.8) is 0 Å². The average molecular weight is 263 g/mol. The molecule has 1 aromatic carbocycles. The summed E-state index contributed by atoms with van der Waals surface area (Å²) in [6.45, 7) is 6.79. The van der Waals surface area contributed by atoms with E-state index >= 15 is 0 Å². The molecular formula is C16H25NO2. The van der Waals surface area contributed by atoms with Crippen LogP contribution < -0.4 is 10.1 Å². The first-order valence-corrected chi connectivity index (χ1v) is 7.25. The summed E-state index contributed by atoms with van der Waals surface area (Å²) >= 11 is 0. The van der Waals surface area contributed by atoms with Crippen LogP contribution in [-0.4, -0.2) is 30.9 Å². The van der Waals surface area contributed by atoms with Crippen molar-refractivity contribution in [1.29, 1.82) is 0 Å². The summed E-state index contributed by atoms with van der Waals surface area (Å²) in [5, 5.41) is 13.5. The molecule has 2 rings (SSSR count).